The Morgan fingerprint density at radius 1 is 0.296 bits per heavy atom. The Morgan fingerprint density at radius 2 is 0.549 bits per heavy atom. The van der Waals surface area contributed by atoms with E-state index in [1.54, 1.807) is 0 Å². The van der Waals surface area contributed by atoms with E-state index in [1.165, 1.54) is 116 Å². The van der Waals surface area contributed by atoms with Crippen LogP contribution in [0.5, 0.6) is 0 Å². The van der Waals surface area contributed by atoms with E-state index in [2.05, 4.69) is 118 Å². The van der Waals surface area contributed by atoms with Gasteiger partial charge in [-0.05, 0) is 103 Å². The fourth-order valence-electron chi connectivity index (χ4n) is 8.12. The van der Waals surface area contributed by atoms with E-state index in [0.717, 1.165) is 122 Å². The SMILES string of the molecule is CC/C=C\C/C=C\C/C=C\C/C=C\CCCCCCC(=O)OC[C@H](COC(=O)CCCCCCCCCCCCCCCCCCC)OC(=O)CCCCC/C=C\C/C=C\C/C=C\C/C=C\CCCCC. The predicted molar refractivity (Wildman–Crippen MR) is 307 cm³/mol. The third kappa shape index (κ3) is 57.1. The van der Waals surface area contributed by atoms with Crippen molar-refractivity contribution in [3.63, 3.8) is 0 Å². The van der Waals surface area contributed by atoms with Gasteiger partial charge in [-0.2, -0.15) is 0 Å². The molecule has 0 heterocycles. The molecule has 0 fully saturated rings. The number of hydrogen-bond donors (Lipinski definition) is 0. The Labute approximate surface area is 438 Å². The van der Waals surface area contributed by atoms with Gasteiger partial charge in [0.05, 0.1) is 0 Å². The van der Waals surface area contributed by atoms with Crippen LogP contribution in [0, 0.1) is 0 Å². The van der Waals surface area contributed by atoms with Gasteiger partial charge in [0.1, 0.15) is 13.2 Å². The van der Waals surface area contributed by atoms with Crippen LogP contribution in [0.3, 0.4) is 0 Å². The fourth-order valence-corrected chi connectivity index (χ4v) is 8.12. The van der Waals surface area contributed by atoms with Gasteiger partial charge in [0.15, 0.2) is 6.10 Å². The van der Waals surface area contributed by atoms with Gasteiger partial charge in [0, 0.05) is 19.3 Å². The van der Waals surface area contributed by atoms with Crippen molar-refractivity contribution in [1.82, 2.24) is 0 Å². The molecule has 0 N–H and O–H groups in total. The van der Waals surface area contributed by atoms with Crippen LogP contribution >= 0.6 is 0 Å². The van der Waals surface area contributed by atoms with Crippen molar-refractivity contribution in [2.45, 2.75) is 284 Å². The zero-order chi connectivity index (χ0) is 51.4. The number of allylic oxidation sites excluding steroid dienone is 16. The first-order chi connectivity index (χ1) is 35.0. The highest BCUT2D eigenvalue weighted by Crippen LogP contribution is 2.16. The van der Waals surface area contributed by atoms with E-state index in [9.17, 15) is 14.4 Å². The lowest BCUT2D eigenvalue weighted by Crippen LogP contribution is -2.30. The van der Waals surface area contributed by atoms with Crippen molar-refractivity contribution in [2.75, 3.05) is 13.2 Å². The minimum Gasteiger partial charge on any atom is -0.462 e. The number of carbonyl (C=O) groups excluding carboxylic acids is 3. The molecule has 0 aliphatic heterocycles. The standard InChI is InChI=1S/C65H110O6/c1-4-7-10-13-16-19-22-25-28-31-32-35-38-41-44-47-50-53-56-59-65(68)71-62(60-69-63(66)57-54-51-48-45-42-39-36-33-29-26-23-20-17-14-11-8-5-2)61-70-64(67)58-55-52-49-46-43-40-37-34-30-27-24-21-18-15-12-9-6-3/h8,11,16-17,19-20,25-26,28-29,32,35-36,39,41,44,62H,4-7,9-10,12-15,18,21-24,27,30-31,33-34,37-38,40,42-43,45-61H2,1-3H3/b11-8-,19-16-,20-17-,28-25-,29-26-,35-32-,39-36-,44-41-/t62-/m1/s1. The van der Waals surface area contributed by atoms with Crippen molar-refractivity contribution < 1.29 is 28.6 Å². The average molecular weight is 988 g/mol. The second-order valence-electron chi connectivity index (χ2n) is 19.5. The Hall–Kier alpha value is -3.67. The molecule has 1 atom stereocenters. The normalized spacial score (nSPS) is 12.8. The molecule has 71 heavy (non-hydrogen) atoms. The molecule has 0 aliphatic rings. The summed E-state index contributed by atoms with van der Waals surface area (Å²) in [5.74, 6) is -0.946. The maximum atomic E-state index is 12.9. The number of carbonyl (C=O) groups is 3. The van der Waals surface area contributed by atoms with Crippen LogP contribution in [0.25, 0.3) is 0 Å². The van der Waals surface area contributed by atoms with E-state index < -0.39 is 6.10 Å². The topological polar surface area (TPSA) is 78.9 Å². The third-order valence-corrected chi connectivity index (χ3v) is 12.6. The van der Waals surface area contributed by atoms with E-state index >= 15 is 0 Å². The summed E-state index contributed by atoms with van der Waals surface area (Å²) >= 11 is 0. The lowest BCUT2D eigenvalue weighted by molar-refractivity contribution is -0.167. The van der Waals surface area contributed by atoms with Crippen molar-refractivity contribution in [3.05, 3.63) is 97.2 Å². The molecule has 6 heteroatoms. The number of hydrogen-bond acceptors (Lipinski definition) is 6. The Morgan fingerprint density at radius 3 is 0.901 bits per heavy atom. The Balaban J connectivity index is 4.48. The predicted octanol–water partition coefficient (Wildman–Crippen LogP) is 20.1. The van der Waals surface area contributed by atoms with Crippen LogP contribution in [-0.2, 0) is 28.6 Å². The molecule has 0 saturated heterocycles. The summed E-state index contributed by atoms with van der Waals surface area (Å²) in [6.07, 6.45) is 78.2. The van der Waals surface area contributed by atoms with Gasteiger partial charge in [-0.1, -0.05) is 253 Å². The molecule has 0 amide bonds. The summed E-state index contributed by atoms with van der Waals surface area (Å²) < 4.78 is 16.9. The molecule has 0 spiro atoms. The van der Waals surface area contributed by atoms with E-state index in [0.29, 0.717) is 12.8 Å². The van der Waals surface area contributed by atoms with Crippen LogP contribution in [0.4, 0.5) is 0 Å². The van der Waals surface area contributed by atoms with Gasteiger partial charge in [-0.25, -0.2) is 0 Å². The Bertz CT molecular complexity index is 1410. The number of esters is 3. The molecule has 6 nitrogen and oxygen atoms in total. The highest BCUT2D eigenvalue weighted by Gasteiger charge is 2.19. The molecule has 0 radical (unpaired) electrons. The second kappa shape index (κ2) is 58.9. The highest BCUT2D eigenvalue weighted by atomic mass is 16.6. The van der Waals surface area contributed by atoms with Gasteiger partial charge >= 0.3 is 17.9 Å². The molecular formula is C65H110O6. The molecule has 0 aromatic carbocycles. The summed E-state index contributed by atoms with van der Waals surface area (Å²) in [6.45, 7) is 6.47. The van der Waals surface area contributed by atoms with Crippen molar-refractivity contribution in [3.8, 4) is 0 Å². The van der Waals surface area contributed by atoms with Crippen molar-refractivity contribution >= 4 is 17.9 Å². The molecule has 0 aromatic heterocycles. The molecular weight excluding hydrogens is 877 g/mol. The summed E-state index contributed by atoms with van der Waals surface area (Å²) in [5, 5.41) is 0. The maximum Gasteiger partial charge on any atom is 0.306 e. The van der Waals surface area contributed by atoms with Crippen LogP contribution in [0.1, 0.15) is 278 Å². The minimum absolute atomic E-state index is 0.0970. The van der Waals surface area contributed by atoms with Crippen molar-refractivity contribution in [2.24, 2.45) is 0 Å². The van der Waals surface area contributed by atoms with E-state index in [-0.39, 0.29) is 37.5 Å². The first-order valence-electron chi connectivity index (χ1n) is 29.7. The number of rotatable bonds is 53. The molecule has 0 aromatic rings. The zero-order valence-corrected chi connectivity index (χ0v) is 46.5. The summed E-state index contributed by atoms with van der Waals surface area (Å²) in [7, 11) is 0. The van der Waals surface area contributed by atoms with Crippen LogP contribution in [-0.4, -0.2) is 37.2 Å². The lowest BCUT2D eigenvalue weighted by atomic mass is 10.0. The van der Waals surface area contributed by atoms with E-state index in [1.807, 2.05) is 0 Å². The maximum absolute atomic E-state index is 12.9. The second-order valence-corrected chi connectivity index (χ2v) is 19.5. The lowest BCUT2D eigenvalue weighted by Gasteiger charge is -2.18. The van der Waals surface area contributed by atoms with Gasteiger partial charge in [-0.15, -0.1) is 0 Å². The quantitative estimate of drug-likeness (QED) is 0.0261. The number of ether oxygens (including phenoxy) is 3. The van der Waals surface area contributed by atoms with Crippen LogP contribution in [0.15, 0.2) is 97.2 Å². The molecule has 0 bridgehead atoms. The monoisotopic (exact) mass is 987 g/mol. The Kier molecular flexibility index (Phi) is 55.9. The summed E-state index contributed by atoms with van der Waals surface area (Å²) in [6, 6.07) is 0. The highest BCUT2D eigenvalue weighted by molar-refractivity contribution is 5.71. The van der Waals surface area contributed by atoms with Gasteiger partial charge in [0.25, 0.3) is 0 Å². The molecule has 0 saturated carbocycles. The van der Waals surface area contributed by atoms with Crippen LogP contribution < -0.4 is 0 Å². The minimum atomic E-state index is -0.805. The smallest absolute Gasteiger partial charge is 0.306 e. The molecule has 0 rings (SSSR count). The van der Waals surface area contributed by atoms with Crippen molar-refractivity contribution in [1.29, 1.82) is 0 Å². The van der Waals surface area contributed by atoms with Crippen LogP contribution in [0.2, 0.25) is 0 Å². The van der Waals surface area contributed by atoms with Gasteiger partial charge in [0.2, 0.25) is 0 Å². The average Bonchev–Trinajstić information content (AvgIpc) is 3.37. The first-order valence-corrected chi connectivity index (χ1v) is 29.7. The summed E-state index contributed by atoms with van der Waals surface area (Å²) in [5.41, 5.74) is 0. The fraction of sp³-hybridized carbons (Fsp3) is 0.708. The molecule has 0 unspecified atom stereocenters. The zero-order valence-electron chi connectivity index (χ0n) is 46.5. The van der Waals surface area contributed by atoms with Gasteiger partial charge in [-0.3, -0.25) is 14.4 Å². The summed E-state index contributed by atoms with van der Waals surface area (Å²) in [4.78, 5) is 38.2. The first kappa shape index (κ1) is 67.3. The largest absolute Gasteiger partial charge is 0.462 e. The number of unbranched alkanes of at least 4 members (excludes halogenated alkanes) is 26. The van der Waals surface area contributed by atoms with Gasteiger partial charge < -0.3 is 14.2 Å². The molecule has 0 aliphatic carbocycles. The van der Waals surface area contributed by atoms with E-state index in [4.69, 9.17) is 14.2 Å². The third-order valence-electron chi connectivity index (χ3n) is 12.6. The molecule has 406 valence electrons.